The summed E-state index contributed by atoms with van der Waals surface area (Å²) in [6.45, 7) is 0. The van der Waals surface area contributed by atoms with Crippen LogP contribution in [0.3, 0.4) is 0 Å². The standard InChI is InChI=1S/C63H40N2/c1-2-13-41(14-3-1)45-25-26-47-39-51(35-30-46(47)37-45)64(50-34-29-42-15-4-5-16-44(42)38-50)49-32-27-43(28-33-49)48-31-36-53-52-17-6-8-20-56(52)63(59(53)40-48)57-21-9-11-24-61(57)65-60-23-10-7-18-54(60)55-19-12-22-58(63)62(55)65/h1-40H. The number of hydrogen-bond donors (Lipinski definition) is 0. The molecule has 14 rings (SSSR count). The lowest BCUT2D eigenvalue weighted by molar-refractivity contribution is 0.749. The Labute approximate surface area is 377 Å². The molecule has 1 spiro atoms. The van der Waals surface area contributed by atoms with Crippen LogP contribution in [-0.4, -0.2) is 4.57 Å². The predicted molar refractivity (Wildman–Crippen MR) is 272 cm³/mol. The van der Waals surface area contributed by atoms with Gasteiger partial charge in [-0.1, -0.05) is 182 Å². The highest BCUT2D eigenvalue weighted by molar-refractivity contribution is 6.13. The van der Waals surface area contributed by atoms with E-state index >= 15 is 0 Å². The van der Waals surface area contributed by atoms with Crippen LogP contribution in [0.4, 0.5) is 17.1 Å². The molecule has 2 aliphatic rings. The minimum Gasteiger partial charge on any atom is -0.310 e. The van der Waals surface area contributed by atoms with Gasteiger partial charge in [-0.25, -0.2) is 0 Å². The van der Waals surface area contributed by atoms with Crippen molar-refractivity contribution in [3.8, 4) is 39.1 Å². The smallest absolute Gasteiger partial charge is 0.0754 e. The molecule has 1 aromatic heterocycles. The van der Waals surface area contributed by atoms with Crippen molar-refractivity contribution in [2.45, 2.75) is 5.41 Å². The van der Waals surface area contributed by atoms with Crippen molar-refractivity contribution in [1.29, 1.82) is 0 Å². The third kappa shape index (κ3) is 5.17. The van der Waals surface area contributed by atoms with Crippen molar-refractivity contribution in [3.05, 3.63) is 265 Å². The van der Waals surface area contributed by atoms with Crippen LogP contribution in [0.2, 0.25) is 0 Å². The highest BCUT2D eigenvalue weighted by Crippen LogP contribution is 2.61. The predicted octanol–water partition coefficient (Wildman–Crippen LogP) is 16.6. The summed E-state index contributed by atoms with van der Waals surface area (Å²) < 4.78 is 2.52. The number of nitrogens with zero attached hydrogens (tertiary/aromatic N) is 2. The summed E-state index contributed by atoms with van der Waals surface area (Å²) >= 11 is 0. The van der Waals surface area contributed by atoms with Crippen LogP contribution < -0.4 is 4.90 Å². The van der Waals surface area contributed by atoms with Crippen molar-refractivity contribution in [2.75, 3.05) is 4.90 Å². The van der Waals surface area contributed by atoms with E-state index in [1.165, 1.54) is 105 Å². The molecule has 65 heavy (non-hydrogen) atoms. The molecule has 2 heteroatoms. The topological polar surface area (TPSA) is 8.17 Å². The maximum atomic E-state index is 2.52. The van der Waals surface area contributed by atoms with Crippen molar-refractivity contribution >= 4 is 60.4 Å². The summed E-state index contributed by atoms with van der Waals surface area (Å²) in [6.07, 6.45) is 0. The van der Waals surface area contributed by atoms with E-state index < -0.39 is 5.41 Å². The molecule has 0 saturated heterocycles. The number of rotatable bonds is 5. The first-order valence-corrected chi connectivity index (χ1v) is 22.6. The summed E-state index contributed by atoms with van der Waals surface area (Å²) in [5.74, 6) is 0. The zero-order valence-corrected chi connectivity index (χ0v) is 35.5. The Hall–Kier alpha value is -8.46. The molecule has 1 unspecified atom stereocenters. The molecule has 1 aliphatic carbocycles. The van der Waals surface area contributed by atoms with E-state index in [2.05, 4.69) is 252 Å². The number of benzene rings is 11. The van der Waals surface area contributed by atoms with Gasteiger partial charge in [-0.3, -0.25) is 0 Å². The lowest BCUT2D eigenvalue weighted by Crippen LogP contribution is -2.33. The molecule has 2 nitrogen and oxygen atoms in total. The first kappa shape index (κ1) is 36.1. The van der Waals surface area contributed by atoms with Gasteiger partial charge in [-0.15, -0.1) is 0 Å². The van der Waals surface area contributed by atoms with E-state index in [0.29, 0.717) is 0 Å². The van der Waals surface area contributed by atoms with Gasteiger partial charge in [0, 0.05) is 27.8 Å². The Morgan fingerprint density at radius 3 is 1.72 bits per heavy atom. The minimum absolute atomic E-state index is 0.493. The molecule has 0 radical (unpaired) electrons. The zero-order valence-electron chi connectivity index (χ0n) is 35.5. The Morgan fingerprint density at radius 1 is 0.308 bits per heavy atom. The summed E-state index contributed by atoms with van der Waals surface area (Å²) in [5, 5.41) is 7.46. The number of para-hydroxylation sites is 3. The first-order valence-electron chi connectivity index (χ1n) is 22.6. The normalized spacial score (nSPS) is 14.5. The van der Waals surface area contributed by atoms with Crippen LogP contribution in [0.15, 0.2) is 243 Å². The number of fused-ring (bicyclic) bond motifs is 14. The van der Waals surface area contributed by atoms with Gasteiger partial charge in [-0.05, 0) is 138 Å². The molecular weight excluding hydrogens is 785 g/mol. The average Bonchev–Trinajstić information content (AvgIpc) is 3.87. The van der Waals surface area contributed by atoms with Gasteiger partial charge in [-0.2, -0.15) is 0 Å². The van der Waals surface area contributed by atoms with E-state index in [9.17, 15) is 0 Å². The molecule has 0 N–H and O–H groups in total. The molecule has 0 fully saturated rings. The van der Waals surface area contributed by atoms with Gasteiger partial charge in [0.2, 0.25) is 0 Å². The summed E-state index contributed by atoms with van der Waals surface area (Å²) in [7, 11) is 0. The van der Waals surface area contributed by atoms with Gasteiger partial charge >= 0.3 is 0 Å². The fourth-order valence-electron chi connectivity index (χ4n) is 11.5. The lowest BCUT2D eigenvalue weighted by Gasteiger charge is -2.39. The molecular formula is C63H40N2. The summed E-state index contributed by atoms with van der Waals surface area (Å²) in [5.41, 5.74) is 19.4. The Kier molecular flexibility index (Phi) is 7.64. The molecule has 0 saturated carbocycles. The van der Waals surface area contributed by atoms with Crippen molar-refractivity contribution in [3.63, 3.8) is 0 Å². The molecule has 1 atom stereocenters. The van der Waals surface area contributed by atoms with E-state index in [0.717, 1.165) is 17.1 Å². The third-order valence-corrected chi connectivity index (χ3v) is 14.3. The second kappa shape index (κ2) is 13.8. The van der Waals surface area contributed by atoms with Crippen LogP contribution in [0.1, 0.15) is 22.3 Å². The zero-order chi connectivity index (χ0) is 42.6. The van der Waals surface area contributed by atoms with Gasteiger partial charge in [0.05, 0.1) is 22.1 Å². The van der Waals surface area contributed by atoms with Crippen molar-refractivity contribution in [2.24, 2.45) is 0 Å². The molecule has 1 aliphatic heterocycles. The van der Waals surface area contributed by atoms with E-state index in [4.69, 9.17) is 0 Å². The first-order chi connectivity index (χ1) is 32.2. The molecule has 0 bridgehead atoms. The van der Waals surface area contributed by atoms with Gasteiger partial charge < -0.3 is 9.47 Å². The largest absolute Gasteiger partial charge is 0.310 e. The summed E-state index contributed by atoms with van der Waals surface area (Å²) in [4.78, 5) is 2.40. The van der Waals surface area contributed by atoms with E-state index in [-0.39, 0.29) is 0 Å². The Bertz CT molecular complexity index is 3900. The maximum Gasteiger partial charge on any atom is 0.0754 e. The minimum atomic E-state index is -0.493. The highest BCUT2D eigenvalue weighted by Gasteiger charge is 2.50. The Balaban J connectivity index is 0.923. The number of aromatic nitrogens is 1. The number of hydrogen-bond acceptors (Lipinski definition) is 1. The van der Waals surface area contributed by atoms with Crippen LogP contribution in [0, 0.1) is 0 Å². The second-order valence-corrected chi connectivity index (χ2v) is 17.7. The SMILES string of the molecule is c1ccc(-c2ccc3cc(N(c4ccc(-c5ccc6c(c5)C5(c7ccccc7-6)c6ccccc6-n6c7ccccc7c7cccc5c76)cc4)c4ccc5ccccc5c4)ccc3c2)cc1. The second-order valence-electron chi connectivity index (χ2n) is 17.7. The fourth-order valence-corrected chi connectivity index (χ4v) is 11.5. The summed E-state index contributed by atoms with van der Waals surface area (Å²) in [6, 6.07) is 90.1. The third-order valence-electron chi connectivity index (χ3n) is 14.3. The van der Waals surface area contributed by atoms with Gasteiger partial charge in [0.15, 0.2) is 0 Å². The lowest BCUT2D eigenvalue weighted by atomic mass is 9.65. The van der Waals surface area contributed by atoms with Crippen LogP contribution in [0.5, 0.6) is 0 Å². The molecule has 0 amide bonds. The number of anilines is 3. The van der Waals surface area contributed by atoms with Crippen molar-refractivity contribution in [1.82, 2.24) is 4.57 Å². The van der Waals surface area contributed by atoms with Gasteiger partial charge in [0.25, 0.3) is 0 Å². The van der Waals surface area contributed by atoms with Crippen LogP contribution in [0.25, 0.3) is 82.4 Å². The fraction of sp³-hybridized carbons (Fsp3) is 0.0159. The monoisotopic (exact) mass is 824 g/mol. The van der Waals surface area contributed by atoms with Crippen LogP contribution >= 0.6 is 0 Å². The molecule has 2 heterocycles. The van der Waals surface area contributed by atoms with E-state index in [1.807, 2.05) is 0 Å². The van der Waals surface area contributed by atoms with Crippen molar-refractivity contribution < 1.29 is 0 Å². The quantitative estimate of drug-likeness (QED) is 0.168. The van der Waals surface area contributed by atoms with Crippen LogP contribution in [-0.2, 0) is 5.41 Å². The molecule has 302 valence electrons. The van der Waals surface area contributed by atoms with E-state index in [1.54, 1.807) is 0 Å². The Morgan fingerprint density at radius 2 is 0.862 bits per heavy atom. The average molecular weight is 825 g/mol. The maximum absolute atomic E-state index is 2.52. The highest BCUT2D eigenvalue weighted by atomic mass is 15.1. The van der Waals surface area contributed by atoms with Gasteiger partial charge in [0.1, 0.15) is 0 Å². The molecule has 12 aromatic rings. The molecule has 11 aromatic carbocycles.